The van der Waals surface area contributed by atoms with Crippen molar-refractivity contribution in [3.8, 4) is 11.8 Å². The first-order valence-corrected chi connectivity index (χ1v) is 5.20. The van der Waals surface area contributed by atoms with E-state index in [9.17, 15) is 14.7 Å². The Morgan fingerprint density at radius 3 is 2.47 bits per heavy atom. The molecule has 0 aliphatic heterocycles. The molecule has 1 rings (SSSR count). The van der Waals surface area contributed by atoms with E-state index in [0.717, 1.165) is 7.11 Å². The Kier molecular flexibility index (Phi) is 4.66. The van der Waals surface area contributed by atoms with Crippen LogP contribution in [0.3, 0.4) is 0 Å². The molecule has 0 aliphatic rings. The van der Waals surface area contributed by atoms with Crippen LogP contribution in [0.1, 0.15) is 12.5 Å². The molecular weight excluding hydrogens is 250 g/mol. The Balaban J connectivity index is 3.36. The first kappa shape index (κ1) is 14.3. The smallest absolute Gasteiger partial charge is 0.352 e. The molecule has 6 heteroatoms. The number of nitrogens with zero attached hydrogens (tertiary/aromatic N) is 1. The second-order valence-electron chi connectivity index (χ2n) is 3.42. The van der Waals surface area contributed by atoms with Gasteiger partial charge in [-0.2, -0.15) is 5.26 Å². The summed E-state index contributed by atoms with van der Waals surface area (Å²) in [4.78, 5) is 22.3. The number of rotatable bonds is 3. The minimum atomic E-state index is -0.974. The summed E-state index contributed by atoms with van der Waals surface area (Å²) in [6, 6.07) is 7.53. The lowest BCUT2D eigenvalue weighted by Crippen LogP contribution is -2.08. The van der Waals surface area contributed by atoms with Crippen molar-refractivity contribution in [1.29, 1.82) is 5.26 Å². The van der Waals surface area contributed by atoms with Crippen molar-refractivity contribution in [3.05, 3.63) is 35.4 Å². The van der Waals surface area contributed by atoms with Crippen LogP contribution in [0.5, 0.6) is 5.75 Å². The van der Waals surface area contributed by atoms with Gasteiger partial charge < -0.3 is 14.6 Å². The van der Waals surface area contributed by atoms with Gasteiger partial charge in [0.05, 0.1) is 12.7 Å². The zero-order valence-electron chi connectivity index (χ0n) is 10.3. The van der Waals surface area contributed by atoms with E-state index in [1.807, 2.05) is 0 Å². The molecule has 0 aromatic heterocycles. The number of methoxy groups -OCH3 is 1. The van der Waals surface area contributed by atoms with Gasteiger partial charge in [0.2, 0.25) is 0 Å². The third-order valence-electron chi connectivity index (χ3n) is 2.13. The van der Waals surface area contributed by atoms with E-state index in [2.05, 4.69) is 4.74 Å². The molecule has 1 aromatic rings. The Bertz CT molecular complexity index is 583. The number of aliphatic hydroxyl groups is 1. The molecule has 1 N–H and O–H groups in total. The third kappa shape index (κ3) is 3.33. The number of benzene rings is 1. The lowest BCUT2D eigenvalue weighted by Gasteiger charge is -2.08. The number of esters is 2. The van der Waals surface area contributed by atoms with Crippen molar-refractivity contribution in [2.45, 2.75) is 6.92 Å². The molecule has 0 atom stereocenters. The van der Waals surface area contributed by atoms with E-state index in [-0.39, 0.29) is 11.3 Å². The van der Waals surface area contributed by atoms with E-state index >= 15 is 0 Å². The number of nitriles is 1. The minimum Gasteiger partial charge on any atom is -0.506 e. The van der Waals surface area contributed by atoms with Gasteiger partial charge in [-0.1, -0.05) is 12.1 Å². The molecule has 0 heterocycles. The van der Waals surface area contributed by atoms with Crippen molar-refractivity contribution in [2.75, 3.05) is 7.11 Å². The van der Waals surface area contributed by atoms with Crippen LogP contribution in [0.25, 0.3) is 5.76 Å². The topological polar surface area (TPSA) is 96.6 Å². The van der Waals surface area contributed by atoms with Gasteiger partial charge in [0.1, 0.15) is 11.8 Å². The van der Waals surface area contributed by atoms with E-state index in [1.165, 1.54) is 19.1 Å². The first-order chi connectivity index (χ1) is 9.01. The lowest BCUT2D eigenvalue weighted by molar-refractivity contribution is -0.135. The highest BCUT2D eigenvalue weighted by Gasteiger charge is 2.20. The van der Waals surface area contributed by atoms with Crippen molar-refractivity contribution < 1.29 is 24.2 Å². The van der Waals surface area contributed by atoms with Crippen LogP contribution in [-0.2, 0) is 14.3 Å². The molecule has 0 unspecified atom stereocenters. The number of ether oxygens (including phenoxy) is 2. The van der Waals surface area contributed by atoms with E-state index < -0.39 is 23.3 Å². The Labute approximate surface area is 109 Å². The molecular formula is C13H11NO5. The summed E-state index contributed by atoms with van der Waals surface area (Å²) in [5, 5.41) is 18.8. The van der Waals surface area contributed by atoms with Gasteiger partial charge in [-0.3, -0.25) is 4.79 Å². The minimum absolute atomic E-state index is 0.0455. The predicted octanol–water partition coefficient (Wildman–Crippen LogP) is 1.58. The number of carbonyl (C=O) groups is 2. The molecule has 1 aromatic carbocycles. The Hall–Kier alpha value is -2.81. The van der Waals surface area contributed by atoms with Crippen LogP contribution in [0.4, 0.5) is 0 Å². The normalized spacial score (nSPS) is 11.0. The summed E-state index contributed by atoms with van der Waals surface area (Å²) < 4.78 is 9.26. The summed E-state index contributed by atoms with van der Waals surface area (Å²) in [6.07, 6.45) is 0. The molecule has 0 spiro atoms. The van der Waals surface area contributed by atoms with Gasteiger partial charge in [0, 0.05) is 6.92 Å². The van der Waals surface area contributed by atoms with Gasteiger partial charge in [-0.05, 0) is 12.1 Å². The average molecular weight is 261 g/mol. The van der Waals surface area contributed by atoms with Crippen LogP contribution in [0, 0.1) is 11.3 Å². The third-order valence-corrected chi connectivity index (χ3v) is 2.13. The van der Waals surface area contributed by atoms with Crippen LogP contribution in [-0.4, -0.2) is 24.2 Å². The van der Waals surface area contributed by atoms with Gasteiger partial charge in [-0.15, -0.1) is 0 Å². The van der Waals surface area contributed by atoms with Crippen molar-refractivity contribution in [2.24, 2.45) is 0 Å². The predicted molar refractivity (Wildman–Crippen MR) is 64.9 cm³/mol. The van der Waals surface area contributed by atoms with Crippen LogP contribution in [0.2, 0.25) is 0 Å². The first-order valence-electron chi connectivity index (χ1n) is 5.20. The van der Waals surface area contributed by atoms with E-state index in [0.29, 0.717) is 0 Å². The molecule has 0 radical (unpaired) electrons. The van der Waals surface area contributed by atoms with Gasteiger partial charge in [0.25, 0.3) is 0 Å². The average Bonchev–Trinajstić information content (AvgIpc) is 2.39. The van der Waals surface area contributed by atoms with Gasteiger partial charge >= 0.3 is 11.9 Å². The molecule has 98 valence electrons. The van der Waals surface area contributed by atoms with Crippen LogP contribution < -0.4 is 4.74 Å². The summed E-state index contributed by atoms with van der Waals surface area (Å²) in [5.74, 6) is -2.12. The maximum atomic E-state index is 11.3. The SMILES string of the molecule is COC(=O)/C(C#N)=C(/O)c1ccccc1OC(C)=O. The number of para-hydroxylation sites is 1. The zero-order valence-corrected chi connectivity index (χ0v) is 10.3. The number of hydrogen-bond acceptors (Lipinski definition) is 6. The highest BCUT2D eigenvalue weighted by Crippen LogP contribution is 2.26. The Morgan fingerprint density at radius 1 is 1.32 bits per heavy atom. The molecule has 0 saturated carbocycles. The lowest BCUT2D eigenvalue weighted by atomic mass is 10.1. The number of aliphatic hydroxyl groups excluding tert-OH is 1. The molecule has 0 bridgehead atoms. The largest absolute Gasteiger partial charge is 0.506 e. The fourth-order valence-corrected chi connectivity index (χ4v) is 1.34. The quantitative estimate of drug-likeness (QED) is 0.292. The maximum Gasteiger partial charge on any atom is 0.352 e. The molecule has 0 amide bonds. The Morgan fingerprint density at radius 2 is 1.95 bits per heavy atom. The summed E-state index contributed by atoms with van der Waals surface area (Å²) >= 11 is 0. The molecule has 0 saturated heterocycles. The highest BCUT2D eigenvalue weighted by molar-refractivity contribution is 6.00. The zero-order chi connectivity index (χ0) is 14.4. The van der Waals surface area contributed by atoms with Crippen LogP contribution in [0.15, 0.2) is 29.8 Å². The fraction of sp³-hybridized carbons (Fsp3) is 0.154. The highest BCUT2D eigenvalue weighted by atomic mass is 16.5. The van der Waals surface area contributed by atoms with Crippen LogP contribution >= 0.6 is 0 Å². The van der Waals surface area contributed by atoms with Crippen molar-refractivity contribution in [1.82, 2.24) is 0 Å². The van der Waals surface area contributed by atoms with Gasteiger partial charge in [-0.25, -0.2) is 4.79 Å². The van der Waals surface area contributed by atoms with Crippen molar-refractivity contribution >= 4 is 17.7 Å². The summed E-state index contributed by atoms with van der Waals surface area (Å²) in [6.45, 7) is 1.20. The van der Waals surface area contributed by atoms with Crippen molar-refractivity contribution in [3.63, 3.8) is 0 Å². The molecule has 0 fully saturated rings. The summed E-state index contributed by atoms with van der Waals surface area (Å²) in [5.41, 5.74) is -0.512. The molecule has 6 nitrogen and oxygen atoms in total. The molecule has 0 aliphatic carbocycles. The standard InChI is InChI=1S/C13H11NO5/c1-8(15)19-11-6-4-3-5-9(11)12(16)10(7-14)13(17)18-2/h3-6,16H,1-2H3/b12-10+. The fourth-order valence-electron chi connectivity index (χ4n) is 1.34. The van der Waals surface area contributed by atoms with E-state index in [4.69, 9.17) is 10.00 Å². The summed E-state index contributed by atoms with van der Waals surface area (Å²) in [7, 11) is 1.09. The molecule has 19 heavy (non-hydrogen) atoms. The number of carbonyl (C=O) groups excluding carboxylic acids is 2. The number of hydrogen-bond donors (Lipinski definition) is 1. The maximum absolute atomic E-state index is 11.3. The second-order valence-corrected chi connectivity index (χ2v) is 3.42. The second kappa shape index (κ2) is 6.21. The van der Waals surface area contributed by atoms with E-state index in [1.54, 1.807) is 18.2 Å². The monoisotopic (exact) mass is 261 g/mol. The van der Waals surface area contributed by atoms with Gasteiger partial charge in [0.15, 0.2) is 11.3 Å².